The topological polar surface area (TPSA) is 140 Å². The molecule has 0 atom stereocenters. The number of anilines is 3. The Balaban J connectivity index is 1.51. The van der Waals surface area contributed by atoms with Crippen LogP contribution in [0, 0.1) is 0 Å². The number of aromatic carboxylic acids is 1. The molecule has 0 unspecified atom stereocenters. The van der Waals surface area contributed by atoms with Gasteiger partial charge in [-0.15, -0.1) is 0 Å². The van der Waals surface area contributed by atoms with Crippen molar-refractivity contribution < 1.29 is 9.90 Å². The second-order valence-electron chi connectivity index (χ2n) is 9.06. The molecule has 3 heterocycles. The Bertz CT molecular complexity index is 1540. The number of nitrogens with zero attached hydrogens (tertiary/aromatic N) is 4. The number of nitrogen functional groups attached to an aromatic ring is 2. The molecule has 0 fully saturated rings. The quantitative estimate of drug-likeness (QED) is 0.403. The Morgan fingerprint density at radius 3 is 2.60 bits per heavy atom. The maximum atomic E-state index is 12.8. The zero-order chi connectivity index (χ0) is 24.9. The third kappa shape index (κ3) is 3.95. The highest BCUT2D eigenvalue weighted by Gasteiger charge is 2.22. The fourth-order valence-electron chi connectivity index (χ4n) is 4.68. The van der Waals surface area contributed by atoms with E-state index < -0.39 is 11.4 Å². The van der Waals surface area contributed by atoms with Crippen molar-refractivity contribution in [2.24, 2.45) is 0 Å². The molecule has 35 heavy (non-hydrogen) atoms. The summed E-state index contributed by atoms with van der Waals surface area (Å²) in [5.41, 5.74) is 16.9. The largest absolute Gasteiger partial charge is 0.477 e. The van der Waals surface area contributed by atoms with Crippen LogP contribution in [-0.4, -0.2) is 32.2 Å². The van der Waals surface area contributed by atoms with Crippen molar-refractivity contribution in [2.75, 3.05) is 22.9 Å². The second-order valence-corrected chi connectivity index (χ2v) is 9.06. The third-order valence-electron chi connectivity index (χ3n) is 6.50. The van der Waals surface area contributed by atoms with E-state index in [0.717, 1.165) is 35.3 Å². The van der Waals surface area contributed by atoms with E-state index >= 15 is 0 Å². The molecule has 0 bridgehead atoms. The van der Waals surface area contributed by atoms with Crippen LogP contribution in [0.25, 0.3) is 22.0 Å². The van der Waals surface area contributed by atoms with E-state index in [1.54, 1.807) is 12.3 Å². The van der Waals surface area contributed by atoms with Crippen LogP contribution < -0.4 is 21.8 Å². The van der Waals surface area contributed by atoms with Gasteiger partial charge in [-0.3, -0.25) is 4.79 Å². The van der Waals surface area contributed by atoms with Gasteiger partial charge in [0.05, 0.1) is 5.52 Å². The zero-order valence-corrected chi connectivity index (χ0v) is 19.5. The molecule has 5 rings (SSSR count). The Morgan fingerprint density at radius 1 is 1.14 bits per heavy atom. The number of rotatable bonds is 5. The van der Waals surface area contributed by atoms with Crippen LogP contribution in [0.4, 0.5) is 17.5 Å². The first kappa shape index (κ1) is 22.4. The van der Waals surface area contributed by atoms with Crippen molar-refractivity contribution in [3.8, 4) is 11.1 Å². The molecular weight excluding hydrogens is 444 g/mol. The van der Waals surface area contributed by atoms with Crippen molar-refractivity contribution in [3.05, 3.63) is 75.7 Å². The first-order valence-electron chi connectivity index (χ1n) is 11.4. The monoisotopic (exact) mass is 470 g/mol. The van der Waals surface area contributed by atoms with Gasteiger partial charge in [0.25, 0.3) is 0 Å². The van der Waals surface area contributed by atoms with E-state index in [-0.39, 0.29) is 17.6 Å². The summed E-state index contributed by atoms with van der Waals surface area (Å²) in [7, 11) is 0. The van der Waals surface area contributed by atoms with Gasteiger partial charge in [0.1, 0.15) is 11.4 Å². The van der Waals surface area contributed by atoms with Gasteiger partial charge in [-0.05, 0) is 61.2 Å². The van der Waals surface area contributed by atoms with Crippen molar-refractivity contribution in [1.29, 1.82) is 0 Å². The van der Waals surface area contributed by atoms with E-state index in [2.05, 4.69) is 33.1 Å². The number of nitrogens with two attached hydrogens (primary N) is 2. The van der Waals surface area contributed by atoms with Crippen molar-refractivity contribution >= 4 is 34.3 Å². The van der Waals surface area contributed by atoms with Crippen LogP contribution in [0.3, 0.4) is 0 Å². The molecule has 5 N–H and O–H groups in total. The van der Waals surface area contributed by atoms with Crippen LogP contribution in [-0.2, 0) is 13.0 Å². The second kappa shape index (κ2) is 8.43. The highest BCUT2D eigenvalue weighted by atomic mass is 16.4. The average Bonchev–Trinajstić information content (AvgIpc) is 3.22. The number of pyridine rings is 1. The van der Waals surface area contributed by atoms with Crippen molar-refractivity contribution in [3.63, 3.8) is 0 Å². The molecule has 9 nitrogen and oxygen atoms in total. The lowest BCUT2D eigenvalue weighted by molar-refractivity contribution is 0.0694. The lowest BCUT2D eigenvalue weighted by Crippen LogP contribution is -2.21. The lowest BCUT2D eigenvalue weighted by Gasteiger charge is -2.20. The molecule has 178 valence electrons. The zero-order valence-electron chi connectivity index (χ0n) is 19.5. The summed E-state index contributed by atoms with van der Waals surface area (Å²) in [5.74, 6) is -0.665. The number of carbonyl (C=O) groups is 1. The highest BCUT2D eigenvalue weighted by Crippen LogP contribution is 2.34. The third-order valence-corrected chi connectivity index (χ3v) is 6.50. The maximum Gasteiger partial charge on any atom is 0.341 e. The number of benzene rings is 2. The molecule has 1 aliphatic heterocycles. The molecule has 2 aromatic carbocycles. The lowest BCUT2D eigenvalue weighted by atomic mass is 9.99. The van der Waals surface area contributed by atoms with E-state index in [0.29, 0.717) is 23.3 Å². The van der Waals surface area contributed by atoms with Crippen molar-refractivity contribution in [2.45, 2.75) is 32.9 Å². The summed E-state index contributed by atoms with van der Waals surface area (Å²) < 4.78 is 1.85. The molecule has 4 aromatic rings. The molecule has 0 saturated carbocycles. The standard InChI is InChI=1S/C26H26N6O3/c1-14(2)32-13-20(25(34)35)23(33)19-5-3-16(10-22(19)32)15-4-6-21-17(9-15)7-8-31(21)12-18-11-29-26(28)30-24(18)27/h3-6,9-11,13-14H,7-8,12H2,1-2H3,(H,34,35)(H4,27,28,29,30). The predicted molar refractivity (Wildman–Crippen MR) is 137 cm³/mol. The number of carboxylic acids is 1. The van der Waals surface area contributed by atoms with Crippen LogP contribution in [0.2, 0.25) is 0 Å². The molecule has 0 spiro atoms. The summed E-state index contributed by atoms with van der Waals surface area (Å²) in [5, 5.41) is 9.86. The smallest absolute Gasteiger partial charge is 0.341 e. The normalized spacial score (nSPS) is 12.9. The van der Waals surface area contributed by atoms with E-state index in [4.69, 9.17) is 11.5 Å². The summed E-state index contributed by atoms with van der Waals surface area (Å²) in [6, 6.07) is 11.9. The molecule has 0 radical (unpaired) electrons. The average molecular weight is 471 g/mol. The first-order chi connectivity index (χ1) is 16.7. The van der Waals surface area contributed by atoms with Crippen LogP contribution in [0.15, 0.2) is 53.6 Å². The van der Waals surface area contributed by atoms with Gasteiger partial charge in [-0.25, -0.2) is 9.78 Å². The van der Waals surface area contributed by atoms with Crippen LogP contribution >= 0.6 is 0 Å². The van der Waals surface area contributed by atoms with Gasteiger partial charge in [-0.1, -0.05) is 12.1 Å². The Hall–Kier alpha value is -4.40. The van der Waals surface area contributed by atoms with Gasteiger partial charge in [0.2, 0.25) is 11.4 Å². The number of fused-ring (bicyclic) bond motifs is 2. The number of hydrogen-bond donors (Lipinski definition) is 3. The number of carboxylic acid groups (broad SMARTS) is 1. The Labute approximate surface area is 201 Å². The summed E-state index contributed by atoms with van der Waals surface area (Å²) in [4.78, 5) is 34.7. The van der Waals surface area contributed by atoms with Gasteiger partial charge in [0.15, 0.2) is 0 Å². The molecule has 0 saturated heterocycles. The molecule has 9 heteroatoms. The van der Waals surface area contributed by atoms with Crippen molar-refractivity contribution in [1.82, 2.24) is 14.5 Å². The maximum absolute atomic E-state index is 12.8. The van der Waals surface area contributed by atoms with Crippen LogP contribution in [0.1, 0.15) is 41.4 Å². The Morgan fingerprint density at radius 2 is 1.89 bits per heavy atom. The number of aromatic nitrogens is 3. The van der Waals surface area contributed by atoms with Gasteiger partial charge < -0.3 is 26.0 Å². The summed E-state index contributed by atoms with van der Waals surface area (Å²) >= 11 is 0. The van der Waals surface area contributed by atoms with Crippen LogP contribution in [0.5, 0.6) is 0 Å². The minimum absolute atomic E-state index is 0.00946. The number of hydrogen-bond acceptors (Lipinski definition) is 7. The van der Waals surface area contributed by atoms with Gasteiger partial charge in [-0.2, -0.15) is 4.98 Å². The van der Waals surface area contributed by atoms with E-state index in [1.165, 1.54) is 11.8 Å². The molecular formula is C26H26N6O3. The van der Waals surface area contributed by atoms with E-state index in [1.807, 2.05) is 30.5 Å². The Kier molecular flexibility index (Phi) is 5.39. The predicted octanol–water partition coefficient (Wildman–Crippen LogP) is 3.46. The SMILES string of the molecule is CC(C)n1cc(C(=O)O)c(=O)c2ccc(-c3ccc4c(c3)CCN4Cc3cnc(N)nc3N)cc21. The molecule has 0 amide bonds. The fraction of sp³-hybridized carbons (Fsp3) is 0.231. The molecule has 0 aliphatic carbocycles. The minimum Gasteiger partial charge on any atom is -0.477 e. The molecule has 2 aromatic heterocycles. The minimum atomic E-state index is -1.22. The van der Waals surface area contributed by atoms with Gasteiger partial charge >= 0.3 is 5.97 Å². The summed E-state index contributed by atoms with van der Waals surface area (Å²) in [6.07, 6.45) is 4.00. The van der Waals surface area contributed by atoms with E-state index in [9.17, 15) is 14.7 Å². The van der Waals surface area contributed by atoms with Gasteiger partial charge in [0, 0.05) is 48.2 Å². The summed E-state index contributed by atoms with van der Waals surface area (Å²) in [6.45, 7) is 5.38. The molecule has 1 aliphatic rings. The fourth-order valence-corrected chi connectivity index (χ4v) is 4.68. The highest BCUT2D eigenvalue weighted by molar-refractivity contribution is 5.94. The first-order valence-corrected chi connectivity index (χ1v) is 11.4.